The van der Waals surface area contributed by atoms with Gasteiger partial charge in [-0.25, -0.2) is 13.1 Å². The van der Waals surface area contributed by atoms with E-state index < -0.39 is 16.0 Å². The maximum absolute atomic E-state index is 12.5. The summed E-state index contributed by atoms with van der Waals surface area (Å²) in [5.41, 5.74) is 1.03. The van der Waals surface area contributed by atoms with Crippen LogP contribution in [0.15, 0.2) is 42.5 Å². The van der Waals surface area contributed by atoms with Gasteiger partial charge in [-0.1, -0.05) is 42.5 Å². The maximum Gasteiger partial charge on any atom is 0.303 e. The molecule has 166 valence electrons. The third kappa shape index (κ3) is 6.93. The number of carboxylic acids is 1. The Kier molecular flexibility index (Phi) is 8.48. The summed E-state index contributed by atoms with van der Waals surface area (Å²) in [5.74, 6) is -0.0425. The lowest BCUT2D eigenvalue weighted by Crippen LogP contribution is -2.39. The summed E-state index contributed by atoms with van der Waals surface area (Å²) in [5, 5.41) is 8.66. The highest BCUT2D eigenvalue weighted by Crippen LogP contribution is 2.45. The zero-order chi connectivity index (χ0) is 21.4. The van der Waals surface area contributed by atoms with E-state index in [0.29, 0.717) is 25.3 Å². The number of fused-ring (bicyclic) bond motifs is 2. The number of carbonyl (C=O) groups is 1. The number of sulfonamides is 1. The van der Waals surface area contributed by atoms with Crippen molar-refractivity contribution in [1.82, 2.24) is 4.72 Å². The van der Waals surface area contributed by atoms with Crippen LogP contribution in [0.25, 0.3) is 0 Å². The van der Waals surface area contributed by atoms with Crippen molar-refractivity contribution in [3.63, 3.8) is 0 Å². The SMILES string of the molecule is O=C(O)CCC/C=C\CC[C@H]1[C@@H](CNS(=O)(=O)CCc2ccccc2)[C@H]2CC[C@@H]1O2. The summed E-state index contributed by atoms with van der Waals surface area (Å²) in [6, 6.07) is 9.67. The minimum absolute atomic E-state index is 0.0996. The summed E-state index contributed by atoms with van der Waals surface area (Å²) in [4.78, 5) is 10.5. The van der Waals surface area contributed by atoms with Crippen LogP contribution in [0.2, 0.25) is 0 Å². The lowest BCUT2D eigenvalue weighted by atomic mass is 9.77. The molecule has 2 aliphatic rings. The van der Waals surface area contributed by atoms with E-state index in [4.69, 9.17) is 9.84 Å². The molecule has 0 radical (unpaired) electrons. The first-order valence-electron chi connectivity index (χ1n) is 11.0. The van der Waals surface area contributed by atoms with E-state index in [0.717, 1.165) is 37.7 Å². The van der Waals surface area contributed by atoms with Crippen molar-refractivity contribution < 1.29 is 23.1 Å². The highest BCUT2D eigenvalue weighted by atomic mass is 32.2. The number of nitrogens with one attached hydrogen (secondary N) is 1. The summed E-state index contributed by atoms with van der Waals surface area (Å²) in [7, 11) is -3.32. The zero-order valence-corrected chi connectivity index (χ0v) is 18.2. The minimum atomic E-state index is -3.32. The summed E-state index contributed by atoms with van der Waals surface area (Å²) < 4.78 is 33.9. The van der Waals surface area contributed by atoms with Crippen LogP contribution in [0.3, 0.4) is 0 Å². The molecule has 6 nitrogen and oxygen atoms in total. The molecule has 1 aromatic carbocycles. The second kappa shape index (κ2) is 11.1. The van der Waals surface area contributed by atoms with E-state index in [1.807, 2.05) is 30.3 Å². The van der Waals surface area contributed by atoms with E-state index in [-0.39, 0.29) is 30.3 Å². The maximum atomic E-state index is 12.5. The molecule has 30 heavy (non-hydrogen) atoms. The number of rotatable bonds is 13. The van der Waals surface area contributed by atoms with Gasteiger partial charge in [0.2, 0.25) is 10.0 Å². The van der Waals surface area contributed by atoms with Crippen LogP contribution in [0.4, 0.5) is 0 Å². The summed E-state index contributed by atoms with van der Waals surface area (Å²) in [6.07, 6.45) is 10.7. The van der Waals surface area contributed by atoms with Crippen molar-refractivity contribution in [1.29, 1.82) is 0 Å². The molecule has 0 amide bonds. The molecule has 1 aromatic rings. The normalized spacial score (nSPS) is 25.9. The van der Waals surface area contributed by atoms with Crippen LogP contribution in [0, 0.1) is 11.8 Å². The molecule has 3 rings (SSSR count). The third-order valence-electron chi connectivity index (χ3n) is 6.23. The molecule has 4 atom stereocenters. The summed E-state index contributed by atoms with van der Waals surface area (Å²) >= 11 is 0. The number of aliphatic carboxylic acids is 1. The Morgan fingerprint density at radius 1 is 1.10 bits per heavy atom. The molecule has 0 saturated carbocycles. The lowest BCUT2D eigenvalue weighted by Gasteiger charge is -2.28. The molecular formula is C23H33NO5S. The highest BCUT2D eigenvalue weighted by molar-refractivity contribution is 7.89. The molecule has 2 bridgehead atoms. The van der Waals surface area contributed by atoms with Crippen molar-refractivity contribution in [2.75, 3.05) is 12.3 Å². The molecule has 0 unspecified atom stereocenters. The number of hydrogen-bond acceptors (Lipinski definition) is 4. The first kappa shape index (κ1) is 23.0. The van der Waals surface area contributed by atoms with Gasteiger partial charge in [0.1, 0.15) is 0 Å². The molecule has 7 heteroatoms. The fraction of sp³-hybridized carbons (Fsp3) is 0.609. The predicted molar refractivity (Wildman–Crippen MR) is 117 cm³/mol. The van der Waals surface area contributed by atoms with E-state index in [1.165, 1.54) is 0 Å². The third-order valence-corrected chi connectivity index (χ3v) is 7.57. The first-order chi connectivity index (χ1) is 14.4. The number of aryl methyl sites for hydroxylation is 1. The lowest BCUT2D eigenvalue weighted by molar-refractivity contribution is -0.137. The van der Waals surface area contributed by atoms with Gasteiger partial charge in [-0.3, -0.25) is 4.79 Å². The molecule has 0 spiro atoms. The molecule has 2 N–H and O–H groups in total. The standard InChI is InChI=1S/C23H33NO5S/c25-23(26)12-8-3-1-2-7-11-19-20(22-14-13-21(19)29-22)17-24-30(27,28)16-15-18-9-5-4-6-10-18/h1-2,4-6,9-10,19-22,24H,3,7-8,11-17H2,(H,25,26)/b2-1-/t19-,20+,21-,22+/m0/s1. The number of allylic oxidation sites excluding steroid dienone is 2. The van der Waals surface area contributed by atoms with Gasteiger partial charge in [0.25, 0.3) is 0 Å². The fourth-order valence-electron chi connectivity index (χ4n) is 4.64. The number of benzene rings is 1. The van der Waals surface area contributed by atoms with Crippen molar-refractivity contribution in [3.8, 4) is 0 Å². The average molecular weight is 436 g/mol. The van der Waals surface area contributed by atoms with E-state index >= 15 is 0 Å². The Morgan fingerprint density at radius 2 is 1.80 bits per heavy atom. The molecule has 0 aromatic heterocycles. The van der Waals surface area contributed by atoms with Crippen LogP contribution >= 0.6 is 0 Å². The fourth-order valence-corrected chi connectivity index (χ4v) is 5.74. The molecular weight excluding hydrogens is 402 g/mol. The molecule has 0 aliphatic carbocycles. The van der Waals surface area contributed by atoms with Gasteiger partial charge in [0.05, 0.1) is 18.0 Å². The Hall–Kier alpha value is -1.70. The Balaban J connectivity index is 1.43. The van der Waals surface area contributed by atoms with Gasteiger partial charge in [-0.05, 0) is 56.4 Å². The van der Waals surface area contributed by atoms with Crippen LogP contribution in [-0.4, -0.2) is 44.0 Å². The van der Waals surface area contributed by atoms with Crippen molar-refractivity contribution in [2.45, 2.75) is 63.6 Å². The van der Waals surface area contributed by atoms with Gasteiger partial charge in [-0.2, -0.15) is 0 Å². The zero-order valence-electron chi connectivity index (χ0n) is 17.4. The quantitative estimate of drug-likeness (QED) is 0.365. The van der Waals surface area contributed by atoms with Gasteiger partial charge < -0.3 is 9.84 Å². The Morgan fingerprint density at radius 3 is 2.53 bits per heavy atom. The van der Waals surface area contributed by atoms with Crippen molar-refractivity contribution in [2.24, 2.45) is 11.8 Å². The second-order valence-electron chi connectivity index (χ2n) is 8.36. The number of unbranched alkanes of at least 4 members (excludes halogenated alkanes) is 1. The van der Waals surface area contributed by atoms with Gasteiger partial charge in [0, 0.05) is 18.9 Å². The topological polar surface area (TPSA) is 92.7 Å². The second-order valence-corrected chi connectivity index (χ2v) is 10.3. The van der Waals surface area contributed by atoms with Gasteiger partial charge in [-0.15, -0.1) is 0 Å². The monoisotopic (exact) mass is 435 g/mol. The number of carboxylic acid groups (broad SMARTS) is 1. The van der Waals surface area contributed by atoms with Crippen LogP contribution in [-0.2, 0) is 26.0 Å². The molecule has 2 saturated heterocycles. The molecule has 2 heterocycles. The number of hydrogen-bond donors (Lipinski definition) is 2. The molecule has 2 aliphatic heterocycles. The Labute approximate surface area is 179 Å². The average Bonchev–Trinajstić information content (AvgIpc) is 3.32. The molecule has 2 fully saturated rings. The first-order valence-corrected chi connectivity index (χ1v) is 12.6. The van der Waals surface area contributed by atoms with Crippen molar-refractivity contribution >= 4 is 16.0 Å². The number of ether oxygens (including phenoxy) is 1. The predicted octanol–water partition coefficient (Wildman–Crippen LogP) is 3.53. The van der Waals surface area contributed by atoms with Gasteiger partial charge >= 0.3 is 5.97 Å². The van der Waals surface area contributed by atoms with E-state index in [2.05, 4.69) is 16.9 Å². The van der Waals surface area contributed by atoms with Gasteiger partial charge in [0.15, 0.2) is 0 Å². The van der Waals surface area contributed by atoms with E-state index in [1.54, 1.807) is 0 Å². The Bertz CT molecular complexity index is 808. The largest absolute Gasteiger partial charge is 0.481 e. The van der Waals surface area contributed by atoms with E-state index in [9.17, 15) is 13.2 Å². The van der Waals surface area contributed by atoms with Crippen LogP contribution in [0.1, 0.15) is 50.5 Å². The minimum Gasteiger partial charge on any atom is -0.481 e. The van der Waals surface area contributed by atoms with Crippen LogP contribution in [0.5, 0.6) is 0 Å². The highest BCUT2D eigenvalue weighted by Gasteiger charge is 2.48. The van der Waals surface area contributed by atoms with Crippen LogP contribution < -0.4 is 4.72 Å². The smallest absolute Gasteiger partial charge is 0.303 e. The van der Waals surface area contributed by atoms with Crippen molar-refractivity contribution in [3.05, 3.63) is 48.0 Å². The summed E-state index contributed by atoms with van der Waals surface area (Å²) in [6.45, 7) is 0.450.